The van der Waals surface area contributed by atoms with Crippen LogP contribution in [0.15, 0.2) is 73.8 Å². The fraction of sp³-hybridized carbons (Fsp3) is 0. The van der Waals surface area contributed by atoms with Crippen molar-refractivity contribution in [3.63, 3.8) is 0 Å². The zero-order chi connectivity index (χ0) is 15.8. The predicted octanol–water partition coefficient (Wildman–Crippen LogP) is 4.35. The van der Waals surface area contributed by atoms with Crippen LogP contribution in [0.3, 0.4) is 0 Å². The Morgan fingerprint density at radius 3 is 2.61 bits per heavy atom. The number of carbonyl (C=O) groups is 1. The average Bonchev–Trinajstić information content (AvgIpc) is 3.28. The Morgan fingerprint density at radius 1 is 1.00 bits per heavy atom. The van der Waals surface area contributed by atoms with E-state index in [1.165, 1.54) is 17.6 Å². The van der Waals surface area contributed by atoms with Crippen LogP contribution < -0.4 is 5.43 Å². The molecule has 0 N–H and O–H groups in total. The molecule has 0 bridgehead atoms. The van der Waals surface area contributed by atoms with Crippen molar-refractivity contribution in [3.8, 4) is 11.5 Å². The molecule has 0 amide bonds. The third-order valence-corrected chi connectivity index (χ3v) is 4.38. The van der Waals surface area contributed by atoms with Gasteiger partial charge in [0.05, 0.1) is 16.5 Å². The standard InChI is InChI=1S/C18H10O4S/c19-16-11-5-1-2-6-12(11)22-18(13-7-3-9-21-13)15(16)17(20)14-8-4-10-23-14/h1-10H. The fourth-order valence-electron chi connectivity index (χ4n) is 2.46. The second kappa shape index (κ2) is 5.37. The van der Waals surface area contributed by atoms with E-state index in [2.05, 4.69) is 0 Å². The van der Waals surface area contributed by atoms with Crippen molar-refractivity contribution < 1.29 is 13.6 Å². The van der Waals surface area contributed by atoms with Gasteiger partial charge in [-0.2, -0.15) is 0 Å². The van der Waals surface area contributed by atoms with E-state index in [0.29, 0.717) is 21.6 Å². The van der Waals surface area contributed by atoms with Gasteiger partial charge in [0.15, 0.2) is 11.5 Å². The van der Waals surface area contributed by atoms with Crippen molar-refractivity contribution in [1.82, 2.24) is 0 Å². The molecule has 3 heterocycles. The summed E-state index contributed by atoms with van der Waals surface area (Å²) in [7, 11) is 0. The first-order valence-corrected chi connectivity index (χ1v) is 7.81. The molecule has 4 aromatic rings. The topological polar surface area (TPSA) is 60.4 Å². The summed E-state index contributed by atoms with van der Waals surface area (Å²) in [6, 6.07) is 13.7. The Morgan fingerprint density at radius 2 is 1.87 bits per heavy atom. The summed E-state index contributed by atoms with van der Waals surface area (Å²) >= 11 is 1.29. The number of thiophene rings is 1. The quantitative estimate of drug-likeness (QED) is 0.526. The summed E-state index contributed by atoms with van der Waals surface area (Å²) in [4.78, 5) is 26.1. The van der Waals surface area contributed by atoms with Gasteiger partial charge in [0, 0.05) is 0 Å². The molecule has 23 heavy (non-hydrogen) atoms. The fourth-order valence-corrected chi connectivity index (χ4v) is 3.13. The number of furan rings is 1. The van der Waals surface area contributed by atoms with Crippen molar-refractivity contribution in [2.45, 2.75) is 0 Å². The maximum absolute atomic E-state index is 12.9. The number of ketones is 1. The van der Waals surface area contributed by atoms with E-state index in [1.807, 2.05) is 0 Å². The van der Waals surface area contributed by atoms with Gasteiger partial charge in [0.2, 0.25) is 11.2 Å². The van der Waals surface area contributed by atoms with E-state index in [1.54, 1.807) is 53.9 Å². The molecular formula is C18H10O4S. The highest BCUT2D eigenvalue weighted by atomic mass is 32.1. The molecular weight excluding hydrogens is 312 g/mol. The Hall–Kier alpha value is -2.92. The van der Waals surface area contributed by atoms with E-state index >= 15 is 0 Å². The number of fused-ring (bicyclic) bond motifs is 1. The number of benzene rings is 1. The molecule has 0 fully saturated rings. The van der Waals surface area contributed by atoms with Crippen LogP contribution in [0.4, 0.5) is 0 Å². The minimum Gasteiger partial charge on any atom is -0.461 e. The van der Waals surface area contributed by atoms with Gasteiger partial charge in [-0.05, 0) is 35.7 Å². The van der Waals surface area contributed by atoms with Gasteiger partial charge in [0.25, 0.3) is 0 Å². The largest absolute Gasteiger partial charge is 0.461 e. The molecule has 0 spiro atoms. The van der Waals surface area contributed by atoms with Gasteiger partial charge in [-0.25, -0.2) is 0 Å². The van der Waals surface area contributed by atoms with Gasteiger partial charge in [-0.1, -0.05) is 18.2 Å². The van der Waals surface area contributed by atoms with Crippen molar-refractivity contribution in [1.29, 1.82) is 0 Å². The second-order valence-electron chi connectivity index (χ2n) is 4.92. The lowest BCUT2D eigenvalue weighted by Gasteiger charge is -2.06. The minimum absolute atomic E-state index is 0.00102. The van der Waals surface area contributed by atoms with E-state index in [4.69, 9.17) is 8.83 Å². The van der Waals surface area contributed by atoms with Crippen LogP contribution in [0.25, 0.3) is 22.5 Å². The number of para-hydroxylation sites is 1. The molecule has 0 radical (unpaired) electrons. The van der Waals surface area contributed by atoms with Gasteiger partial charge in [-0.3, -0.25) is 9.59 Å². The first-order valence-electron chi connectivity index (χ1n) is 6.93. The number of hydrogen-bond donors (Lipinski definition) is 0. The van der Waals surface area contributed by atoms with Crippen molar-refractivity contribution in [2.24, 2.45) is 0 Å². The number of hydrogen-bond acceptors (Lipinski definition) is 5. The summed E-state index contributed by atoms with van der Waals surface area (Å²) in [5, 5.41) is 2.17. The van der Waals surface area contributed by atoms with Gasteiger partial charge >= 0.3 is 0 Å². The smallest absolute Gasteiger partial charge is 0.210 e. The number of rotatable bonds is 3. The van der Waals surface area contributed by atoms with Crippen LogP contribution in [-0.4, -0.2) is 5.78 Å². The van der Waals surface area contributed by atoms with E-state index in [-0.39, 0.29) is 22.5 Å². The highest BCUT2D eigenvalue weighted by molar-refractivity contribution is 7.12. The molecule has 0 saturated carbocycles. The molecule has 0 atom stereocenters. The summed E-state index contributed by atoms with van der Waals surface area (Å²) in [6.07, 6.45) is 1.48. The SMILES string of the molecule is O=C(c1cccs1)c1c(-c2ccco2)oc2ccccc2c1=O. The Kier molecular flexibility index (Phi) is 3.20. The summed E-state index contributed by atoms with van der Waals surface area (Å²) in [5.41, 5.74) is 0.0735. The maximum atomic E-state index is 12.9. The Labute approximate surface area is 134 Å². The molecule has 4 nitrogen and oxygen atoms in total. The van der Waals surface area contributed by atoms with E-state index in [0.717, 1.165) is 0 Å². The van der Waals surface area contributed by atoms with Crippen LogP contribution in [0, 0.1) is 0 Å². The lowest BCUT2D eigenvalue weighted by atomic mass is 10.0. The van der Waals surface area contributed by atoms with Crippen molar-refractivity contribution >= 4 is 28.1 Å². The zero-order valence-electron chi connectivity index (χ0n) is 11.8. The molecule has 1 aromatic carbocycles. The molecule has 0 aliphatic heterocycles. The summed E-state index contributed by atoms with van der Waals surface area (Å²) in [6.45, 7) is 0. The van der Waals surface area contributed by atoms with Crippen LogP contribution >= 0.6 is 11.3 Å². The van der Waals surface area contributed by atoms with Crippen LogP contribution in [0.2, 0.25) is 0 Å². The lowest BCUT2D eigenvalue weighted by Crippen LogP contribution is -2.17. The molecule has 4 rings (SSSR count). The maximum Gasteiger partial charge on any atom is 0.210 e. The lowest BCUT2D eigenvalue weighted by molar-refractivity contribution is 0.104. The van der Waals surface area contributed by atoms with Crippen LogP contribution in [0.1, 0.15) is 15.2 Å². The summed E-state index contributed by atoms with van der Waals surface area (Å²) < 4.78 is 11.2. The Bertz CT molecular complexity index is 1040. The molecule has 0 saturated heterocycles. The first-order chi connectivity index (χ1) is 11.3. The van der Waals surface area contributed by atoms with Gasteiger partial charge < -0.3 is 8.83 Å². The first kappa shape index (κ1) is 13.7. The third-order valence-electron chi connectivity index (χ3n) is 3.51. The van der Waals surface area contributed by atoms with E-state index < -0.39 is 0 Å². The summed E-state index contributed by atoms with van der Waals surface area (Å²) in [5.74, 6) is 0.163. The number of carbonyl (C=O) groups excluding carboxylic acids is 1. The van der Waals surface area contributed by atoms with Crippen LogP contribution in [-0.2, 0) is 0 Å². The normalized spacial score (nSPS) is 11.0. The molecule has 0 aliphatic rings. The monoisotopic (exact) mass is 322 g/mol. The molecule has 3 aromatic heterocycles. The highest BCUT2D eigenvalue weighted by Gasteiger charge is 2.25. The third kappa shape index (κ3) is 2.22. The van der Waals surface area contributed by atoms with Crippen molar-refractivity contribution in [3.05, 3.63) is 80.8 Å². The Balaban J connectivity index is 2.08. The van der Waals surface area contributed by atoms with Gasteiger partial charge in [0.1, 0.15) is 11.1 Å². The molecule has 0 unspecified atom stereocenters. The molecule has 0 aliphatic carbocycles. The highest BCUT2D eigenvalue weighted by Crippen LogP contribution is 2.28. The minimum atomic E-state index is -0.356. The van der Waals surface area contributed by atoms with Gasteiger partial charge in [-0.15, -0.1) is 11.3 Å². The molecule has 5 heteroatoms. The predicted molar refractivity (Wildman–Crippen MR) is 87.9 cm³/mol. The van der Waals surface area contributed by atoms with E-state index in [9.17, 15) is 9.59 Å². The second-order valence-corrected chi connectivity index (χ2v) is 5.86. The average molecular weight is 322 g/mol. The van der Waals surface area contributed by atoms with Crippen molar-refractivity contribution in [2.75, 3.05) is 0 Å². The molecule has 112 valence electrons. The zero-order valence-corrected chi connectivity index (χ0v) is 12.6. The van der Waals surface area contributed by atoms with Crippen LogP contribution in [0.5, 0.6) is 0 Å².